The Morgan fingerprint density at radius 3 is 2.39 bits per heavy atom. The molecule has 1 unspecified atom stereocenters. The van der Waals surface area contributed by atoms with Gasteiger partial charge in [0.15, 0.2) is 0 Å². The summed E-state index contributed by atoms with van der Waals surface area (Å²) >= 11 is 5.12. The van der Waals surface area contributed by atoms with Crippen LogP contribution < -0.4 is 4.74 Å². The molecule has 1 saturated heterocycles. The van der Waals surface area contributed by atoms with Gasteiger partial charge in [0.05, 0.1) is 16.7 Å². The minimum Gasteiger partial charge on any atom is -0.487 e. The largest absolute Gasteiger partial charge is 0.487 e. The fraction of sp³-hybridized carbons (Fsp3) is 0.444. The van der Waals surface area contributed by atoms with Gasteiger partial charge in [0.2, 0.25) is 0 Å². The number of hydrogen-bond acceptors (Lipinski definition) is 4. The minimum atomic E-state index is 0.315. The Kier molecular flexibility index (Phi) is 5.75. The highest BCUT2D eigenvalue weighted by Crippen LogP contribution is 2.29. The first-order chi connectivity index (χ1) is 11.1. The molecule has 0 spiro atoms. The molecule has 0 saturated carbocycles. The molecule has 0 bridgehead atoms. The number of hydrogen-bond donors (Lipinski definition) is 0. The van der Waals surface area contributed by atoms with Crippen molar-refractivity contribution in [3.05, 3.63) is 50.6 Å². The molecule has 3 nitrogen and oxygen atoms in total. The van der Waals surface area contributed by atoms with Crippen LogP contribution in [-0.2, 0) is 17.9 Å². The normalized spacial score (nSPS) is 22.2. The number of rotatable bonds is 5. The highest BCUT2D eigenvalue weighted by atomic mass is 79.9. The molecule has 0 aliphatic carbocycles. The maximum Gasteiger partial charge on any atom is 0.144 e. The molecule has 3 rings (SSSR count). The Balaban J connectivity index is 1.53. The predicted molar refractivity (Wildman–Crippen MR) is 98.1 cm³/mol. The summed E-state index contributed by atoms with van der Waals surface area (Å²) in [6, 6.07) is 8.71. The van der Waals surface area contributed by atoms with Crippen LogP contribution in [0.15, 0.2) is 39.5 Å². The van der Waals surface area contributed by atoms with Crippen molar-refractivity contribution in [2.24, 2.45) is 0 Å². The molecular formula is C18H22BrNO2S. The van der Waals surface area contributed by atoms with Crippen LogP contribution in [-0.4, -0.2) is 30.2 Å². The van der Waals surface area contributed by atoms with Crippen LogP contribution in [0.2, 0.25) is 0 Å². The predicted octanol–water partition coefficient (Wildman–Crippen LogP) is 4.70. The van der Waals surface area contributed by atoms with E-state index in [2.05, 4.69) is 58.9 Å². The van der Waals surface area contributed by atoms with Crippen LogP contribution in [0, 0.1) is 0 Å². The molecule has 1 aliphatic rings. The van der Waals surface area contributed by atoms with Crippen molar-refractivity contribution in [1.82, 2.24) is 4.90 Å². The van der Waals surface area contributed by atoms with E-state index >= 15 is 0 Å². The van der Waals surface area contributed by atoms with E-state index in [9.17, 15) is 0 Å². The zero-order chi connectivity index (χ0) is 16.2. The van der Waals surface area contributed by atoms with Crippen molar-refractivity contribution in [1.29, 1.82) is 0 Å². The Bertz CT molecular complexity index is 618. The van der Waals surface area contributed by atoms with E-state index in [1.165, 1.54) is 11.1 Å². The quantitative estimate of drug-likeness (QED) is 0.732. The smallest absolute Gasteiger partial charge is 0.144 e. The average molecular weight is 396 g/mol. The van der Waals surface area contributed by atoms with Crippen LogP contribution in [0.5, 0.6) is 5.75 Å². The Labute approximate surface area is 150 Å². The molecule has 1 aromatic heterocycles. The summed E-state index contributed by atoms with van der Waals surface area (Å²) in [5.41, 5.74) is 2.53. The van der Waals surface area contributed by atoms with E-state index in [-0.39, 0.29) is 0 Å². The second-order valence-electron chi connectivity index (χ2n) is 6.14. The van der Waals surface area contributed by atoms with Crippen LogP contribution in [0.3, 0.4) is 0 Å². The molecular weight excluding hydrogens is 374 g/mol. The number of benzene rings is 1. The van der Waals surface area contributed by atoms with Crippen molar-refractivity contribution in [3.8, 4) is 5.75 Å². The van der Waals surface area contributed by atoms with Crippen LogP contribution in [0.25, 0.3) is 0 Å². The Morgan fingerprint density at radius 2 is 1.78 bits per heavy atom. The van der Waals surface area contributed by atoms with Crippen molar-refractivity contribution < 1.29 is 9.47 Å². The maximum absolute atomic E-state index is 5.82. The molecule has 0 N–H and O–H groups in total. The Morgan fingerprint density at radius 1 is 1.13 bits per heavy atom. The summed E-state index contributed by atoms with van der Waals surface area (Å²) in [6.07, 6.45) is 0.631. The van der Waals surface area contributed by atoms with E-state index in [0.29, 0.717) is 18.8 Å². The van der Waals surface area contributed by atoms with Crippen molar-refractivity contribution in [2.45, 2.75) is 39.2 Å². The second-order valence-corrected chi connectivity index (χ2v) is 7.74. The fourth-order valence-electron chi connectivity index (χ4n) is 2.95. The summed E-state index contributed by atoms with van der Waals surface area (Å²) < 4.78 is 12.6. The zero-order valence-electron chi connectivity index (χ0n) is 13.5. The van der Waals surface area contributed by atoms with Gasteiger partial charge in [-0.2, -0.15) is 0 Å². The van der Waals surface area contributed by atoms with E-state index in [1.807, 2.05) is 10.8 Å². The van der Waals surface area contributed by atoms with Crippen molar-refractivity contribution in [2.75, 3.05) is 13.1 Å². The van der Waals surface area contributed by atoms with Crippen LogP contribution in [0.4, 0.5) is 0 Å². The summed E-state index contributed by atoms with van der Waals surface area (Å²) in [6.45, 7) is 7.87. The third-order valence-corrected chi connectivity index (χ3v) is 5.55. The fourth-order valence-corrected chi connectivity index (χ4v) is 4.27. The lowest BCUT2D eigenvalue weighted by atomic mass is 10.1. The monoisotopic (exact) mass is 395 g/mol. The number of ether oxygens (including phenoxy) is 2. The first kappa shape index (κ1) is 17.0. The van der Waals surface area contributed by atoms with Gasteiger partial charge in [-0.3, -0.25) is 4.90 Å². The molecule has 1 fully saturated rings. The SMILES string of the molecule is CC1CN(Cc2ccc(COc3cscc3Br)cc2)C[C@@H](C)O1. The number of halogens is 1. The number of thiophene rings is 1. The van der Waals surface area contributed by atoms with Gasteiger partial charge in [0.25, 0.3) is 0 Å². The molecule has 2 atom stereocenters. The minimum absolute atomic E-state index is 0.315. The molecule has 5 heteroatoms. The van der Waals surface area contributed by atoms with Gasteiger partial charge in [-0.25, -0.2) is 0 Å². The lowest BCUT2D eigenvalue weighted by Gasteiger charge is -2.35. The van der Waals surface area contributed by atoms with E-state index in [4.69, 9.17) is 9.47 Å². The standard InChI is InChI=1S/C18H22BrNO2S/c1-13-7-20(8-14(2)22-13)9-15-3-5-16(6-4-15)10-21-18-12-23-11-17(18)19/h3-6,11-14H,7-10H2,1-2H3/t13-,14?/m1/s1. The van der Waals surface area contributed by atoms with Gasteiger partial charge < -0.3 is 9.47 Å². The first-order valence-electron chi connectivity index (χ1n) is 7.90. The summed E-state index contributed by atoms with van der Waals surface area (Å²) in [4.78, 5) is 2.47. The molecule has 0 radical (unpaired) electrons. The molecule has 0 amide bonds. The van der Waals surface area contributed by atoms with Crippen molar-refractivity contribution >= 4 is 27.3 Å². The Hall–Kier alpha value is -0.880. The summed E-state index contributed by atoms with van der Waals surface area (Å²) in [5.74, 6) is 0.912. The molecule has 124 valence electrons. The number of morpholine rings is 1. The summed E-state index contributed by atoms with van der Waals surface area (Å²) in [7, 11) is 0. The lowest BCUT2D eigenvalue weighted by Crippen LogP contribution is -2.44. The third kappa shape index (κ3) is 4.80. The van der Waals surface area contributed by atoms with Gasteiger partial charge in [0.1, 0.15) is 12.4 Å². The summed E-state index contributed by atoms with van der Waals surface area (Å²) in [5, 5.41) is 4.04. The molecule has 23 heavy (non-hydrogen) atoms. The third-order valence-electron chi connectivity index (χ3n) is 3.90. The topological polar surface area (TPSA) is 21.7 Å². The lowest BCUT2D eigenvalue weighted by molar-refractivity contribution is -0.0704. The van der Waals surface area contributed by atoms with Gasteiger partial charge >= 0.3 is 0 Å². The van der Waals surface area contributed by atoms with Gasteiger partial charge in [-0.05, 0) is 40.9 Å². The van der Waals surface area contributed by atoms with E-state index in [1.54, 1.807) is 11.3 Å². The molecule has 1 aliphatic heterocycles. The van der Waals surface area contributed by atoms with E-state index in [0.717, 1.165) is 29.9 Å². The zero-order valence-corrected chi connectivity index (χ0v) is 15.9. The van der Waals surface area contributed by atoms with E-state index < -0.39 is 0 Å². The van der Waals surface area contributed by atoms with Crippen LogP contribution in [0.1, 0.15) is 25.0 Å². The van der Waals surface area contributed by atoms with Gasteiger partial charge in [-0.15, -0.1) is 11.3 Å². The maximum atomic E-state index is 5.82. The second kappa shape index (κ2) is 7.79. The highest BCUT2D eigenvalue weighted by molar-refractivity contribution is 9.10. The van der Waals surface area contributed by atoms with Gasteiger partial charge in [0, 0.05) is 30.4 Å². The number of nitrogens with zero attached hydrogens (tertiary/aromatic N) is 1. The highest BCUT2D eigenvalue weighted by Gasteiger charge is 2.21. The van der Waals surface area contributed by atoms with Crippen LogP contribution >= 0.6 is 27.3 Å². The van der Waals surface area contributed by atoms with Gasteiger partial charge in [-0.1, -0.05) is 24.3 Å². The molecule has 2 aromatic rings. The first-order valence-corrected chi connectivity index (χ1v) is 9.64. The molecule has 1 aromatic carbocycles. The molecule has 2 heterocycles. The average Bonchev–Trinajstić information content (AvgIpc) is 2.91. The van der Waals surface area contributed by atoms with Crippen molar-refractivity contribution in [3.63, 3.8) is 0 Å².